The van der Waals surface area contributed by atoms with Crippen LogP contribution >= 0.6 is 0 Å². The Morgan fingerprint density at radius 1 is 1.26 bits per heavy atom. The topological polar surface area (TPSA) is 42.7 Å². The highest BCUT2D eigenvalue weighted by molar-refractivity contribution is 5.21. The van der Waals surface area contributed by atoms with Crippen LogP contribution in [0.15, 0.2) is 30.6 Å². The van der Waals surface area contributed by atoms with Crippen molar-refractivity contribution < 1.29 is 4.39 Å². The summed E-state index contributed by atoms with van der Waals surface area (Å²) in [6.07, 6.45) is 2.32. The summed E-state index contributed by atoms with van der Waals surface area (Å²) in [5.74, 6) is 0.730. The zero-order chi connectivity index (χ0) is 13.7. The van der Waals surface area contributed by atoms with Gasteiger partial charge in [0.25, 0.3) is 0 Å². The first-order chi connectivity index (χ1) is 9.24. The molecule has 0 radical (unpaired) electrons. The Bertz CT molecular complexity index is 506. The second kappa shape index (κ2) is 6.43. The van der Waals surface area contributed by atoms with Crippen molar-refractivity contribution in [3.8, 4) is 0 Å². The maximum absolute atomic E-state index is 13.0. The van der Waals surface area contributed by atoms with Crippen molar-refractivity contribution in [1.82, 2.24) is 20.1 Å². The predicted octanol–water partition coefficient (Wildman–Crippen LogP) is 2.33. The van der Waals surface area contributed by atoms with E-state index >= 15 is 0 Å². The van der Waals surface area contributed by atoms with Crippen molar-refractivity contribution in [2.75, 3.05) is 6.54 Å². The van der Waals surface area contributed by atoms with Crippen molar-refractivity contribution in [2.24, 2.45) is 0 Å². The zero-order valence-electron chi connectivity index (χ0n) is 11.3. The molecule has 1 aromatic carbocycles. The van der Waals surface area contributed by atoms with Gasteiger partial charge in [0.1, 0.15) is 18.0 Å². The molecular weight excluding hydrogens is 243 g/mol. The van der Waals surface area contributed by atoms with Gasteiger partial charge in [-0.1, -0.05) is 19.1 Å². The van der Waals surface area contributed by atoms with Crippen LogP contribution in [0, 0.1) is 5.82 Å². The summed E-state index contributed by atoms with van der Waals surface area (Å²) in [4.78, 5) is 4.29. The first-order valence-electron chi connectivity index (χ1n) is 6.60. The highest BCUT2D eigenvalue weighted by Gasteiger charge is 2.14. The number of aromatic nitrogens is 3. The molecule has 1 heterocycles. The van der Waals surface area contributed by atoms with Crippen LogP contribution in [0.4, 0.5) is 4.39 Å². The molecule has 0 saturated heterocycles. The fourth-order valence-corrected chi connectivity index (χ4v) is 2.14. The first kappa shape index (κ1) is 13.7. The Hall–Kier alpha value is -1.75. The van der Waals surface area contributed by atoms with Crippen molar-refractivity contribution in [3.05, 3.63) is 47.8 Å². The molecule has 1 N–H and O–H groups in total. The number of halogens is 1. The lowest BCUT2D eigenvalue weighted by molar-refractivity contribution is 0.508. The van der Waals surface area contributed by atoms with Crippen LogP contribution in [0.2, 0.25) is 0 Å². The summed E-state index contributed by atoms with van der Waals surface area (Å²) in [7, 11) is 0. The fraction of sp³-hybridized carbons (Fsp3) is 0.429. The van der Waals surface area contributed by atoms with E-state index in [1.165, 1.54) is 12.1 Å². The molecule has 0 saturated carbocycles. The van der Waals surface area contributed by atoms with Gasteiger partial charge in [-0.15, -0.1) is 0 Å². The normalized spacial score (nSPS) is 12.6. The van der Waals surface area contributed by atoms with E-state index in [4.69, 9.17) is 0 Å². The highest BCUT2D eigenvalue weighted by Crippen LogP contribution is 2.17. The van der Waals surface area contributed by atoms with Gasteiger partial charge in [-0.25, -0.2) is 9.37 Å². The molecule has 1 aromatic heterocycles. The van der Waals surface area contributed by atoms with Gasteiger partial charge in [0.05, 0.1) is 0 Å². The average molecular weight is 262 g/mol. The standard InChI is InChI=1S/C14H19FN4/c1-3-16-13(11-5-7-12(15)8-6-11)9-14-17-10-18-19(14)4-2/h5-8,10,13,16H,3-4,9H2,1-2H3. The second-order valence-corrected chi connectivity index (χ2v) is 4.36. The lowest BCUT2D eigenvalue weighted by Gasteiger charge is -2.18. The van der Waals surface area contributed by atoms with Crippen LogP contribution in [0.25, 0.3) is 0 Å². The predicted molar refractivity (Wildman–Crippen MR) is 72.2 cm³/mol. The molecule has 4 nitrogen and oxygen atoms in total. The van der Waals surface area contributed by atoms with Crippen LogP contribution in [-0.4, -0.2) is 21.3 Å². The third-order valence-corrected chi connectivity index (χ3v) is 3.10. The van der Waals surface area contributed by atoms with Crippen molar-refractivity contribution in [1.29, 1.82) is 0 Å². The Morgan fingerprint density at radius 2 is 2.00 bits per heavy atom. The molecule has 0 bridgehead atoms. The molecular formula is C14H19FN4. The van der Waals surface area contributed by atoms with Gasteiger partial charge >= 0.3 is 0 Å². The Kier molecular flexibility index (Phi) is 4.63. The average Bonchev–Trinajstić information content (AvgIpc) is 2.86. The molecule has 2 rings (SSSR count). The number of hydrogen-bond acceptors (Lipinski definition) is 3. The number of rotatable bonds is 6. The molecule has 0 aliphatic heterocycles. The van der Waals surface area contributed by atoms with Gasteiger partial charge in [-0.2, -0.15) is 5.10 Å². The summed E-state index contributed by atoms with van der Waals surface area (Å²) >= 11 is 0. The minimum atomic E-state index is -0.212. The van der Waals surface area contributed by atoms with E-state index in [0.29, 0.717) is 0 Å². The molecule has 2 aromatic rings. The quantitative estimate of drug-likeness (QED) is 0.869. The highest BCUT2D eigenvalue weighted by atomic mass is 19.1. The molecule has 1 atom stereocenters. The third-order valence-electron chi connectivity index (χ3n) is 3.10. The maximum Gasteiger partial charge on any atom is 0.138 e. The van der Waals surface area contributed by atoms with Crippen molar-refractivity contribution in [3.63, 3.8) is 0 Å². The van der Waals surface area contributed by atoms with E-state index in [1.807, 2.05) is 23.7 Å². The molecule has 5 heteroatoms. The number of benzene rings is 1. The molecule has 0 spiro atoms. The number of nitrogens with one attached hydrogen (secondary N) is 1. The Labute approximate surface area is 112 Å². The van der Waals surface area contributed by atoms with Crippen LogP contribution in [0.3, 0.4) is 0 Å². The van der Waals surface area contributed by atoms with Gasteiger partial charge in [-0.05, 0) is 31.2 Å². The van der Waals surface area contributed by atoms with E-state index in [2.05, 4.69) is 22.3 Å². The minimum absolute atomic E-state index is 0.125. The van der Waals surface area contributed by atoms with Crippen LogP contribution in [-0.2, 0) is 13.0 Å². The van der Waals surface area contributed by atoms with Gasteiger partial charge in [0, 0.05) is 19.0 Å². The summed E-state index contributed by atoms with van der Waals surface area (Å²) in [5.41, 5.74) is 1.06. The number of hydrogen-bond donors (Lipinski definition) is 1. The van der Waals surface area contributed by atoms with Gasteiger partial charge in [0.15, 0.2) is 0 Å². The number of nitrogens with zero attached hydrogens (tertiary/aromatic N) is 3. The summed E-state index contributed by atoms with van der Waals surface area (Å²) < 4.78 is 14.9. The van der Waals surface area contributed by atoms with E-state index in [9.17, 15) is 4.39 Å². The molecule has 0 amide bonds. The molecule has 0 fully saturated rings. The summed E-state index contributed by atoms with van der Waals surface area (Å²) in [5, 5.41) is 7.58. The van der Waals surface area contributed by atoms with Crippen LogP contribution in [0.5, 0.6) is 0 Å². The monoisotopic (exact) mass is 262 g/mol. The first-order valence-corrected chi connectivity index (χ1v) is 6.60. The molecule has 102 valence electrons. The van der Waals surface area contributed by atoms with E-state index < -0.39 is 0 Å². The largest absolute Gasteiger partial charge is 0.310 e. The maximum atomic E-state index is 13.0. The lowest BCUT2D eigenvalue weighted by atomic mass is 10.0. The van der Waals surface area contributed by atoms with Crippen LogP contribution in [0.1, 0.15) is 31.3 Å². The smallest absolute Gasteiger partial charge is 0.138 e. The SMILES string of the molecule is CCNC(Cc1ncnn1CC)c1ccc(F)cc1. The molecule has 1 unspecified atom stereocenters. The van der Waals surface area contributed by atoms with E-state index in [0.717, 1.165) is 30.9 Å². The molecule has 19 heavy (non-hydrogen) atoms. The Morgan fingerprint density at radius 3 is 2.63 bits per heavy atom. The van der Waals surface area contributed by atoms with Crippen molar-refractivity contribution >= 4 is 0 Å². The van der Waals surface area contributed by atoms with Crippen molar-refractivity contribution in [2.45, 2.75) is 32.9 Å². The third kappa shape index (κ3) is 3.38. The number of likely N-dealkylation sites (N-methyl/N-ethyl adjacent to an activating group) is 1. The minimum Gasteiger partial charge on any atom is -0.310 e. The number of aryl methyl sites for hydroxylation is 1. The summed E-state index contributed by atoms with van der Waals surface area (Å²) in [6, 6.07) is 6.74. The lowest BCUT2D eigenvalue weighted by Crippen LogP contribution is -2.24. The molecule has 0 aliphatic carbocycles. The second-order valence-electron chi connectivity index (χ2n) is 4.36. The van der Waals surface area contributed by atoms with Gasteiger partial charge in [-0.3, -0.25) is 4.68 Å². The molecule has 0 aliphatic rings. The van der Waals surface area contributed by atoms with Gasteiger partial charge in [0.2, 0.25) is 0 Å². The summed E-state index contributed by atoms with van der Waals surface area (Å²) in [6.45, 7) is 5.75. The van der Waals surface area contributed by atoms with E-state index in [1.54, 1.807) is 6.33 Å². The van der Waals surface area contributed by atoms with E-state index in [-0.39, 0.29) is 11.9 Å². The fourth-order valence-electron chi connectivity index (χ4n) is 2.14. The van der Waals surface area contributed by atoms with Gasteiger partial charge < -0.3 is 5.32 Å². The Balaban J connectivity index is 2.18. The zero-order valence-corrected chi connectivity index (χ0v) is 11.3. The van der Waals surface area contributed by atoms with Crippen LogP contribution < -0.4 is 5.32 Å².